The highest BCUT2D eigenvalue weighted by Crippen LogP contribution is 2.47. The second-order valence-electron chi connectivity index (χ2n) is 8.53. The molecule has 0 amide bonds. The lowest BCUT2D eigenvalue weighted by atomic mass is 9.81. The minimum absolute atomic E-state index is 0.277. The number of aliphatic hydroxyl groups is 2. The van der Waals surface area contributed by atoms with Gasteiger partial charge in [0, 0.05) is 16.5 Å². The maximum absolute atomic E-state index is 12.2. The van der Waals surface area contributed by atoms with Crippen LogP contribution in [0.15, 0.2) is 42.5 Å². The number of hydrogen-bond donors (Lipinski definition) is 2. The van der Waals surface area contributed by atoms with Crippen molar-refractivity contribution in [2.45, 2.75) is 56.8 Å². The average Bonchev–Trinajstić information content (AvgIpc) is 3.06. The molecule has 2 heterocycles. The molecule has 2 N–H and O–H groups in total. The SMILES string of the molecule is COC(=O)c1ccc2c(C3CCCCC3)c3n(c2c1)CC(O)C(O)c1ccccc1-3. The van der Waals surface area contributed by atoms with Gasteiger partial charge in [-0.1, -0.05) is 49.6 Å². The van der Waals surface area contributed by atoms with Crippen LogP contribution in [0.5, 0.6) is 0 Å². The zero-order chi connectivity index (χ0) is 20.8. The van der Waals surface area contributed by atoms with Gasteiger partial charge >= 0.3 is 5.97 Å². The van der Waals surface area contributed by atoms with Crippen molar-refractivity contribution >= 4 is 16.9 Å². The van der Waals surface area contributed by atoms with Gasteiger partial charge in [-0.15, -0.1) is 0 Å². The van der Waals surface area contributed by atoms with Gasteiger partial charge in [-0.3, -0.25) is 0 Å². The van der Waals surface area contributed by atoms with Gasteiger partial charge in [0.05, 0.1) is 24.9 Å². The van der Waals surface area contributed by atoms with Gasteiger partial charge in [-0.2, -0.15) is 0 Å². The summed E-state index contributed by atoms with van der Waals surface area (Å²) in [5.41, 5.74) is 5.50. The Hall–Kier alpha value is -2.63. The molecule has 2 atom stereocenters. The summed E-state index contributed by atoms with van der Waals surface area (Å²) in [6, 6.07) is 13.6. The van der Waals surface area contributed by atoms with Gasteiger partial charge in [0.15, 0.2) is 0 Å². The fourth-order valence-corrected chi connectivity index (χ4v) is 5.37. The lowest BCUT2D eigenvalue weighted by Gasteiger charge is -2.24. The number of methoxy groups -OCH3 is 1. The Bertz CT molecular complexity index is 1110. The van der Waals surface area contributed by atoms with Gasteiger partial charge in [0.25, 0.3) is 0 Å². The zero-order valence-electron chi connectivity index (χ0n) is 17.2. The number of carbonyl (C=O) groups excluding carboxylic acids is 1. The number of hydrogen-bond acceptors (Lipinski definition) is 4. The molecule has 1 fully saturated rings. The van der Waals surface area contributed by atoms with E-state index in [-0.39, 0.29) is 12.5 Å². The predicted octanol–water partition coefficient (Wildman–Crippen LogP) is 4.55. The number of esters is 1. The first kappa shape index (κ1) is 19.3. The van der Waals surface area contributed by atoms with E-state index in [4.69, 9.17) is 4.74 Å². The van der Waals surface area contributed by atoms with E-state index >= 15 is 0 Å². The first-order valence-corrected chi connectivity index (χ1v) is 10.8. The molecule has 0 radical (unpaired) electrons. The van der Waals surface area contributed by atoms with Crippen LogP contribution in [0.2, 0.25) is 0 Å². The van der Waals surface area contributed by atoms with Crippen molar-refractivity contribution in [1.82, 2.24) is 4.57 Å². The second-order valence-corrected chi connectivity index (χ2v) is 8.53. The van der Waals surface area contributed by atoms with Crippen LogP contribution in [-0.4, -0.2) is 34.0 Å². The number of aromatic nitrogens is 1. The molecule has 1 aromatic heterocycles. The standard InChI is InChI=1S/C25H27NO4/c1-30-25(29)16-11-12-19-20(13-16)26-14-21(27)24(28)18-10-6-5-9-17(18)23(26)22(19)15-7-3-2-4-8-15/h5-6,9-13,15,21,24,27-28H,2-4,7-8,14H2,1H3. The number of ether oxygens (including phenoxy) is 1. The third kappa shape index (κ3) is 2.96. The van der Waals surface area contributed by atoms with Gasteiger partial charge in [0.1, 0.15) is 12.2 Å². The molecule has 2 aliphatic rings. The largest absolute Gasteiger partial charge is 0.465 e. The highest BCUT2D eigenvalue weighted by molar-refractivity contribution is 5.99. The summed E-state index contributed by atoms with van der Waals surface area (Å²) in [5, 5.41) is 22.7. The molecule has 2 aromatic carbocycles. The van der Waals surface area contributed by atoms with E-state index < -0.39 is 12.2 Å². The molecule has 1 aliphatic carbocycles. The minimum Gasteiger partial charge on any atom is -0.465 e. The number of aliphatic hydroxyl groups excluding tert-OH is 2. The molecule has 5 heteroatoms. The average molecular weight is 405 g/mol. The molecule has 0 spiro atoms. The van der Waals surface area contributed by atoms with E-state index in [1.807, 2.05) is 42.5 Å². The highest BCUT2D eigenvalue weighted by Gasteiger charge is 2.33. The fraction of sp³-hybridized carbons (Fsp3) is 0.400. The van der Waals surface area contributed by atoms with Crippen molar-refractivity contribution in [3.63, 3.8) is 0 Å². The van der Waals surface area contributed by atoms with E-state index in [9.17, 15) is 15.0 Å². The van der Waals surface area contributed by atoms with Crippen LogP contribution in [0.3, 0.4) is 0 Å². The van der Waals surface area contributed by atoms with E-state index in [0.717, 1.165) is 40.6 Å². The lowest BCUT2D eigenvalue weighted by molar-refractivity contribution is 0.0112. The van der Waals surface area contributed by atoms with Crippen LogP contribution in [0.1, 0.15) is 65.6 Å². The smallest absolute Gasteiger partial charge is 0.337 e. The molecule has 1 saturated carbocycles. The molecular weight excluding hydrogens is 378 g/mol. The maximum Gasteiger partial charge on any atom is 0.337 e. The summed E-state index contributed by atoms with van der Waals surface area (Å²) in [5.74, 6) is 0.0585. The van der Waals surface area contributed by atoms with Gasteiger partial charge in [-0.25, -0.2) is 4.79 Å². The molecule has 5 nitrogen and oxygen atoms in total. The van der Waals surface area contributed by atoms with Crippen molar-refractivity contribution in [2.24, 2.45) is 0 Å². The van der Waals surface area contributed by atoms with Crippen molar-refractivity contribution in [1.29, 1.82) is 0 Å². The first-order valence-electron chi connectivity index (χ1n) is 10.8. The third-order valence-electron chi connectivity index (χ3n) is 6.81. The molecule has 3 aromatic rings. The Morgan fingerprint density at radius 3 is 2.60 bits per heavy atom. The molecule has 0 saturated heterocycles. The Labute approximate surface area is 175 Å². The summed E-state index contributed by atoms with van der Waals surface area (Å²) in [6.45, 7) is 0.277. The summed E-state index contributed by atoms with van der Waals surface area (Å²) in [7, 11) is 1.38. The highest BCUT2D eigenvalue weighted by atomic mass is 16.5. The van der Waals surface area contributed by atoms with Crippen molar-refractivity contribution in [3.05, 3.63) is 59.2 Å². The Morgan fingerprint density at radius 2 is 1.83 bits per heavy atom. The lowest BCUT2D eigenvalue weighted by Crippen LogP contribution is -2.22. The van der Waals surface area contributed by atoms with E-state index in [1.165, 1.54) is 31.9 Å². The second kappa shape index (κ2) is 7.56. The molecular formula is C25H27NO4. The normalized spacial score (nSPS) is 21.7. The van der Waals surface area contributed by atoms with Crippen molar-refractivity contribution in [2.75, 3.05) is 7.11 Å². The summed E-state index contributed by atoms with van der Waals surface area (Å²) in [4.78, 5) is 12.2. The number of carbonyl (C=O) groups is 1. The number of rotatable bonds is 2. The van der Waals surface area contributed by atoms with Crippen molar-refractivity contribution in [3.8, 4) is 11.3 Å². The topological polar surface area (TPSA) is 71.7 Å². The first-order chi connectivity index (χ1) is 14.6. The summed E-state index contributed by atoms with van der Waals surface area (Å²) in [6.07, 6.45) is 4.10. The van der Waals surface area contributed by atoms with Crippen molar-refractivity contribution < 1.29 is 19.7 Å². The maximum atomic E-state index is 12.2. The third-order valence-corrected chi connectivity index (χ3v) is 6.81. The zero-order valence-corrected chi connectivity index (χ0v) is 17.2. The molecule has 5 rings (SSSR count). The Morgan fingerprint density at radius 1 is 1.07 bits per heavy atom. The van der Waals surface area contributed by atoms with E-state index in [2.05, 4.69) is 4.57 Å². The van der Waals surface area contributed by atoms with Gasteiger partial charge in [-0.05, 0) is 42.0 Å². The summed E-state index contributed by atoms with van der Waals surface area (Å²) >= 11 is 0. The number of fused-ring (bicyclic) bond motifs is 5. The van der Waals surface area contributed by atoms with Gasteiger partial charge in [0.2, 0.25) is 0 Å². The van der Waals surface area contributed by atoms with Crippen LogP contribution < -0.4 is 0 Å². The predicted molar refractivity (Wildman–Crippen MR) is 116 cm³/mol. The van der Waals surface area contributed by atoms with Crippen LogP contribution in [0, 0.1) is 0 Å². The monoisotopic (exact) mass is 405 g/mol. The molecule has 1 aliphatic heterocycles. The van der Waals surface area contributed by atoms with E-state index in [0.29, 0.717) is 11.5 Å². The minimum atomic E-state index is -0.945. The number of nitrogens with zero attached hydrogens (tertiary/aromatic N) is 1. The molecule has 30 heavy (non-hydrogen) atoms. The quantitative estimate of drug-likeness (QED) is 0.614. The molecule has 156 valence electrons. The van der Waals surface area contributed by atoms with Crippen LogP contribution in [0.4, 0.5) is 0 Å². The molecule has 2 unspecified atom stereocenters. The summed E-state index contributed by atoms with van der Waals surface area (Å²) < 4.78 is 7.04. The Balaban J connectivity index is 1.84. The van der Waals surface area contributed by atoms with Crippen LogP contribution >= 0.6 is 0 Å². The molecule has 0 bridgehead atoms. The van der Waals surface area contributed by atoms with Crippen LogP contribution in [-0.2, 0) is 11.3 Å². The van der Waals surface area contributed by atoms with E-state index in [1.54, 1.807) is 0 Å². The van der Waals surface area contributed by atoms with Gasteiger partial charge < -0.3 is 19.5 Å². The Kier molecular flexibility index (Phi) is 4.88. The number of benzene rings is 2. The van der Waals surface area contributed by atoms with Crippen LogP contribution in [0.25, 0.3) is 22.2 Å². The fourth-order valence-electron chi connectivity index (χ4n) is 5.37.